The first-order valence-electron chi connectivity index (χ1n) is 15.6. The van der Waals surface area contributed by atoms with Gasteiger partial charge in [0.15, 0.2) is 0 Å². The second-order valence-corrected chi connectivity index (χ2v) is 14.1. The van der Waals surface area contributed by atoms with Gasteiger partial charge in [-0.25, -0.2) is 19.2 Å². The minimum absolute atomic E-state index is 0.128. The first kappa shape index (κ1) is 41.4. The molecule has 0 saturated carbocycles. The summed E-state index contributed by atoms with van der Waals surface area (Å²) in [5, 5.41) is 22.5. The molecule has 0 aromatic heterocycles. The lowest BCUT2D eigenvalue weighted by Crippen LogP contribution is -2.59. The molecule has 0 spiro atoms. The Kier molecular flexibility index (Phi) is 16.9. The van der Waals surface area contributed by atoms with Gasteiger partial charge in [0.05, 0.1) is 0 Å². The highest BCUT2D eigenvalue weighted by molar-refractivity contribution is 5.94. The number of esters is 1. The van der Waals surface area contributed by atoms with Crippen molar-refractivity contribution in [3.63, 3.8) is 0 Å². The van der Waals surface area contributed by atoms with Crippen molar-refractivity contribution >= 4 is 35.9 Å². The minimum atomic E-state index is -1.21. The fourth-order valence-corrected chi connectivity index (χ4v) is 4.00. The molecule has 5 amide bonds. The molecular formula is C31H57N5O9. The third-order valence-corrected chi connectivity index (χ3v) is 6.30. The van der Waals surface area contributed by atoms with Gasteiger partial charge in [0.1, 0.15) is 35.4 Å². The van der Waals surface area contributed by atoms with E-state index in [1.807, 2.05) is 0 Å². The molecule has 14 heteroatoms. The van der Waals surface area contributed by atoms with Crippen molar-refractivity contribution < 1.29 is 43.3 Å². The molecule has 0 saturated heterocycles. The molecule has 4 atom stereocenters. The van der Waals surface area contributed by atoms with Crippen molar-refractivity contribution in [2.24, 2.45) is 17.8 Å². The molecule has 0 aliphatic carbocycles. The van der Waals surface area contributed by atoms with Crippen LogP contribution in [0.25, 0.3) is 0 Å². The van der Waals surface area contributed by atoms with Crippen LogP contribution < -0.4 is 26.6 Å². The van der Waals surface area contributed by atoms with E-state index in [4.69, 9.17) is 9.47 Å². The van der Waals surface area contributed by atoms with Gasteiger partial charge in [-0.1, -0.05) is 41.5 Å². The van der Waals surface area contributed by atoms with Crippen molar-refractivity contribution in [3.8, 4) is 0 Å². The smallest absolute Gasteiger partial charge is 0.407 e. The van der Waals surface area contributed by atoms with Crippen LogP contribution in [0.15, 0.2) is 0 Å². The second kappa shape index (κ2) is 18.4. The number of urea groups is 1. The number of carbonyl (C=O) groups excluding carboxylic acids is 5. The van der Waals surface area contributed by atoms with Crippen LogP contribution in [0.2, 0.25) is 0 Å². The number of carboxylic acid groups (broad SMARTS) is 1. The number of hydrogen-bond acceptors (Lipinski definition) is 8. The quantitative estimate of drug-likeness (QED) is 0.108. The lowest BCUT2D eigenvalue weighted by molar-refractivity contribution is -0.158. The molecule has 260 valence electrons. The first-order chi connectivity index (χ1) is 20.4. The van der Waals surface area contributed by atoms with Gasteiger partial charge in [-0.2, -0.15) is 0 Å². The molecule has 0 aliphatic rings. The van der Waals surface area contributed by atoms with Crippen molar-refractivity contribution in [2.45, 2.75) is 138 Å². The van der Waals surface area contributed by atoms with Gasteiger partial charge in [-0.3, -0.25) is 9.59 Å². The van der Waals surface area contributed by atoms with Gasteiger partial charge in [0.2, 0.25) is 11.8 Å². The summed E-state index contributed by atoms with van der Waals surface area (Å²) in [6.07, 6.45) is 0.381. The Morgan fingerprint density at radius 1 is 0.622 bits per heavy atom. The lowest BCUT2D eigenvalue weighted by atomic mass is 10.0. The minimum Gasteiger partial charge on any atom is -0.480 e. The highest BCUT2D eigenvalue weighted by Gasteiger charge is 2.34. The highest BCUT2D eigenvalue weighted by atomic mass is 16.6. The molecule has 0 aliphatic heterocycles. The zero-order valence-corrected chi connectivity index (χ0v) is 29.1. The van der Waals surface area contributed by atoms with E-state index in [1.54, 1.807) is 83.1 Å². The van der Waals surface area contributed by atoms with Crippen LogP contribution in [0.5, 0.6) is 0 Å². The van der Waals surface area contributed by atoms with E-state index >= 15 is 0 Å². The van der Waals surface area contributed by atoms with Gasteiger partial charge >= 0.3 is 24.1 Å². The predicted molar refractivity (Wildman–Crippen MR) is 169 cm³/mol. The Bertz CT molecular complexity index is 1020. The van der Waals surface area contributed by atoms with Crippen LogP contribution in [-0.2, 0) is 28.7 Å². The number of unbranched alkanes of at least 4 members (excludes halogenated alkanes) is 1. The molecule has 0 bridgehead atoms. The summed E-state index contributed by atoms with van der Waals surface area (Å²) in [4.78, 5) is 75.9. The third kappa shape index (κ3) is 17.5. The van der Waals surface area contributed by atoms with Gasteiger partial charge < -0.3 is 41.2 Å². The monoisotopic (exact) mass is 643 g/mol. The number of alkyl carbamates (subject to hydrolysis) is 1. The molecular weight excluding hydrogens is 586 g/mol. The molecule has 0 fully saturated rings. The highest BCUT2D eigenvalue weighted by Crippen LogP contribution is 2.13. The summed E-state index contributed by atoms with van der Waals surface area (Å²) in [6.45, 7) is 20.8. The van der Waals surface area contributed by atoms with Crippen LogP contribution in [0, 0.1) is 17.8 Å². The lowest BCUT2D eigenvalue weighted by Gasteiger charge is -2.29. The SMILES string of the molecule is CC(C)[C@H](NC(=O)[C@H](CCCCNC(=O)OC(C)(C)C)NC(=O)[C@@H](NC(=O)N[C@H](C(=O)OC(C)(C)C)C(C)C)C(C)C)C(=O)O. The largest absolute Gasteiger partial charge is 0.480 e. The van der Waals surface area contributed by atoms with Crippen molar-refractivity contribution in [1.29, 1.82) is 0 Å². The number of amides is 5. The average molecular weight is 644 g/mol. The van der Waals surface area contributed by atoms with Crippen LogP contribution >= 0.6 is 0 Å². The molecule has 45 heavy (non-hydrogen) atoms. The van der Waals surface area contributed by atoms with Gasteiger partial charge in [0.25, 0.3) is 0 Å². The molecule has 14 nitrogen and oxygen atoms in total. The fraction of sp³-hybridized carbons (Fsp3) is 0.806. The normalized spacial score (nSPS) is 14.6. The van der Waals surface area contributed by atoms with E-state index in [2.05, 4.69) is 26.6 Å². The van der Waals surface area contributed by atoms with Crippen LogP contribution in [0.4, 0.5) is 9.59 Å². The van der Waals surface area contributed by atoms with Crippen molar-refractivity contribution in [2.75, 3.05) is 6.54 Å². The van der Waals surface area contributed by atoms with E-state index in [1.165, 1.54) is 0 Å². The van der Waals surface area contributed by atoms with E-state index in [0.717, 1.165) is 0 Å². The number of aliphatic carboxylic acids is 1. The number of carbonyl (C=O) groups is 6. The zero-order valence-electron chi connectivity index (χ0n) is 29.1. The van der Waals surface area contributed by atoms with Gasteiger partial charge in [0, 0.05) is 6.54 Å². The molecule has 6 N–H and O–H groups in total. The summed E-state index contributed by atoms with van der Waals surface area (Å²) in [6, 6.07) is -5.15. The maximum absolute atomic E-state index is 13.4. The van der Waals surface area contributed by atoms with E-state index in [0.29, 0.717) is 12.8 Å². The number of hydrogen-bond donors (Lipinski definition) is 6. The number of rotatable bonds is 16. The van der Waals surface area contributed by atoms with Gasteiger partial charge in [-0.15, -0.1) is 0 Å². The Balaban J connectivity index is 5.69. The molecule has 0 heterocycles. The topological polar surface area (TPSA) is 201 Å². The molecule has 0 aromatic carbocycles. The fourth-order valence-electron chi connectivity index (χ4n) is 4.00. The van der Waals surface area contributed by atoms with E-state index < -0.39 is 83.1 Å². The number of ether oxygens (including phenoxy) is 2. The predicted octanol–water partition coefficient (Wildman–Crippen LogP) is 3.08. The standard InChI is InChI=1S/C31H57N5O9/c1-17(2)21(35-28(42)36-23(19(5)6)27(41)44-30(7,8)9)25(38)33-20(24(37)34-22(18(3)4)26(39)40)15-13-14-16-32-29(43)45-31(10,11)12/h17-23H,13-16H2,1-12H3,(H,32,43)(H,33,38)(H,34,37)(H,39,40)(H2,35,36,42)/t20-,21-,22-,23-/m0/s1. The van der Waals surface area contributed by atoms with Crippen LogP contribution in [0.1, 0.15) is 102 Å². The third-order valence-electron chi connectivity index (χ3n) is 6.30. The van der Waals surface area contributed by atoms with E-state index in [9.17, 15) is 33.9 Å². The summed E-state index contributed by atoms with van der Waals surface area (Å²) in [7, 11) is 0. The van der Waals surface area contributed by atoms with E-state index in [-0.39, 0.29) is 18.9 Å². The zero-order chi connectivity index (χ0) is 35.3. The Morgan fingerprint density at radius 2 is 1.11 bits per heavy atom. The summed E-state index contributed by atoms with van der Waals surface area (Å²) < 4.78 is 10.6. The summed E-state index contributed by atoms with van der Waals surface area (Å²) >= 11 is 0. The molecule has 0 rings (SSSR count). The molecule has 0 unspecified atom stereocenters. The average Bonchev–Trinajstić information content (AvgIpc) is 2.84. The Morgan fingerprint density at radius 3 is 1.56 bits per heavy atom. The van der Waals surface area contributed by atoms with Crippen LogP contribution in [-0.4, -0.2) is 82.9 Å². The summed E-state index contributed by atoms with van der Waals surface area (Å²) in [5.41, 5.74) is -1.42. The van der Waals surface area contributed by atoms with Crippen molar-refractivity contribution in [1.82, 2.24) is 26.6 Å². The Labute approximate surface area is 267 Å². The summed E-state index contributed by atoms with van der Waals surface area (Å²) in [5.74, 6) is -4.34. The molecule has 0 radical (unpaired) electrons. The number of carboxylic acids is 1. The molecule has 0 aromatic rings. The van der Waals surface area contributed by atoms with Gasteiger partial charge in [-0.05, 0) is 78.6 Å². The first-order valence-corrected chi connectivity index (χ1v) is 15.6. The van der Waals surface area contributed by atoms with Crippen molar-refractivity contribution in [3.05, 3.63) is 0 Å². The maximum atomic E-state index is 13.4. The van der Waals surface area contributed by atoms with Crippen LogP contribution in [0.3, 0.4) is 0 Å². The maximum Gasteiger partial charge on any atom is 0.407 e. The number of nitrogens with one attached hydrogen (secondary N) is 5. The second-order valence-electron chi connectivity index (χ2n) is 14.1. The Hall–Kier alpha value is -3.58.